The minimum atomic E-state index is 0.577. The number of rotatable bonds is 5. The summed E-state index contributed by atoms with van der Waals surface area (Å²) >= 11 is 0. The third kappa shape index (κ3) is 4.73. The highest BCUT2D eigenvalue weighted by Gasteiger charge is 2.17. The molecule has 0 aliphatic rings. The van der Waals surface area contributed by atoms with Gasteiger partial charge in [-0.2, -0.15) is 0 Å². The van der Waals surface area contributed by atoms with E-state index in [9.17, 15) is 0 Å². The van der Waals surface area contributed by atoms with Crippen LogP contribution in [-0.4, -0.2) is 19.9 Å². The Balaban J connectivity index is 1.04. The first-order chi connectivity index (χ1) is 24.7. The molecule has 0 amide bonds. The van der Waals surface area contributed by atoms with Gasteiger partial charge in [-0.25, -0.2) is 19.9 Å². The minimum absolute atomic E-state index is 0.577. The van der Waals surface area contributed by atoms with Gasteiger partial charge in [-0.15, -0.1) is 0 Å². The number of aromatic nitrogens is 4. The van der Waals surface area contributed by atoms with E-state index in [2.05, 4.69) is 72.8 Å². The molecule has 0 unspecified atom stereocenters. The van der Waals surface area contributed by atoms with E-state index in [4.69, 9.17) is 28.8 Å². The second kappa shape index (κ2) is 11.4. The molecule has 0 radical (unpaired) electrons. The summed E-state index contributed by atoms with van der Waals surface area (Å²) in [5, 5.41) is 4.27. The van der Waals surface area contributed by atoms with Crippen LogP contribution in [0.15, 0.2) is 167 Å². The lowest BCUT2D eigenvalue weighted by molar-refractivity contribution is 0.618. The number of oxazole rings is 1. The second-order valence-corrected chi connectivity index (χ2v) is 12.3. The molecule has 0 aliphatic carbocycles. The van der Waals surface area contributed by atoms with Crippen LogP contribution in [0, 0.1) is 0 Å². The van der Waals surface area contributed by atoms with Gasteiger partial charge in [0.2, 0.25) is 5.89 Å². The average molecular weight is 643 g/mol. The van der Waals surface area contributed by atoms with Crippen LogP contribution < -0.4 is 0 Å². The SMILES string of the molecule is c1ccc(-c2nc(-c3ccccc3)nc(-c3ccc(-c4ccc(-c5nc6cc7c(cc6o5)oc5ccccc57)c5ccccc45)cc3)n2)cc1. The number of hydrogen-bond acceptors (Lipinski definition) is 6. The van der Waals surface area contributed by atoms with E-state index in [1.165, 1.54) is 0 Å². The van der Waals surface area contributed by atoms with Crippen LogP contribution in [0.1, 0.15) is 0 Å². The van der Waals surface area contributed by atoms with Crippen molar-refractivity contribution in [1.29, 1.82) is 0 Å². The van der Waals surface area contributed by atoms with E-state index in [0.29, 0.717) is 28.9 Å². The molecule has 0 aliphatic heterocycles. The first-order valence-corrected chi connectivity index (χ1v) is 16.5. The van der Waals surface area contributed by atoms with E-state index in [-0.39, 0.29) is 0 Å². The maximum Gasteiger partial charge on any atom is 0.227 e. The van der Waals surface area contributed by atoms with Crippen molar-refractivity contribution < 1.29 is 8.83 Å². The smallest absolute Gasteiger partial charge is 0.227 e. The predicted molar refractivity (Wildman–Crippen MR) is 199 cm³/mol. The molecule has 6 nitrogen and oxygen atoms in total. The molecule has 7 aromatic carbocycles. The Labute approximate surface area is 286 Å². The van der Waals surface area contributed by atoms with Gasteiger partial charge in [-0.3, -0.25) is 0 Å². The highest BCUT2D eigenvalue weighted by molar-refractivity contribution is 6.09. The summed E-state index contributed by atoms with van der Waals surface area (Å²) in [7, 11) is 0. The Kier molecular flexibility index (Phi) is 6.39. The first kappa shape index (κ1) is 28.1. The molecular weight excluding hydrogens is 617 g/mol. The Morgan fingerprint density at radius 3 is 1.50 bits per heavy atom. The Hall–Kier alpha value is -6.92. The van der Waals surface area contributed by atoms with Gasteiger partial charge in [0.05, 0.1) is 0 Å². The molecule has 234 valence electrons. The summed E-state index contributed by atoms with van der Waals surface area (Å²) in [6, 6.07) is 53.1. The molecule has 0 saturated carbocycles. The molecule has 3 aromatic heterocycles. The zero-order chi connectivity index (χ0) is 33.0. The topological polar surface area (TPSA) is 77.8 Å². The predicted octanol–water partition coefficient (Wildman–Crippen LogP) is 11.4. The zero-order valence-electron chi connectivity index (χ0n) is 26.6. The van der Waals surface area contributed by atoms with Crippen molar-refractivity contribution in [2.45, 2.75) is 0 Å². The number of benzene rings is 7. The highest BCUT2D eigenvalue weighted by Crippen LogP contribution is 2.39. The maximum absolute atomic E-state index is 6.37. The quantitative estimate of drug-likeness (QED) is 0.186. The van der Waals surface area contributed by atoms with Crippen molar-refractivity contribution in [3.8, 4) is 56.7 Å². The van der Waals surface area contributed by atoms with Crippen LogP contribution in [-0.2, 0) is 0 Å². The molecular formula is C44H26N4O2. The van der Waals surface area contributed by atoms with Crippen molar-refractivity contribution >= 4 is 43.8 Å². The van der Waals surface area contributed by atoms with E-state index in [1.807, 2.05) is 84.9 Å². The summed E-state index contributed by atoms with van der Waals surface area (Å²) < 4.78 is 12.5. The second-order valence-electron chi connectivity index (χ2n) is 12.3. The van der Waals surface area contributed by atoms with Crippen LogP contribution in [0.4, 0.5) is 0 Å². The number of furan rings is 1. The van der Waals surface area contributed by atoms with Crippen molar-refractivity contribution in [3.05, 3.63) is 158 Å². The van der Waals surface area contributed by atoms with Crippen LogP contribution in [0.5, 0.6) is 0 Å². The molecule has 50 heavy (non-hydrogen) atoms. The summed E-state index contributed by atoms with van der Waals surface area (Å²) in [6.45, 7) is 0. The maximum atomic E-state index is 6.37. The van der Waals surface area contributed by atoms with Crippen LogP contribution in [0.25, 0.3) is 101 Å². The van der Waals surface area contributed by atoms with Crippen molar-refractivity contribution in [2.24, 2.45) is 0 Å². The summed E-state index contributed by atoms with van der Waals surface area (Å²) in [5.74, 6) is 2.48. The number of fused-ring (bicyclic) bond motifs is 5. The van der Waals surface area contributed by atoms with Gasteiger partial charge in [0, 0.05) is 39.1 Å². The molecule has 3 heterocycles. The Morgan fingerprint density at radius 1 is 0.320 bits per heavy atom. The van der Waals surface area contributed by atoms with Crippen LogP contribution in [0.2, 0.25) is 0 Å². The fraction of sp³-hybridized carbons (Fsp3) is 0. The summed E-state index contributed by atoms with van der Waals surface area (Å²) in [5.41, 5.74) is 9.07. The lowest BCUT2D eigenvalue weighted by atomic mass is 9.94. The molecule has 6 heteroatoms. The first-order valence-electron chi connectivity index (χ1n) is 16.5. The van der Waals surface area contributed by atoms with Crippen LogP contribution in [0.3, 0.4) is 0 Å². The standard InChI is InChI=1S/C44H26N4O2/c1-3-11-28(12-4-1)41-46-42(29-13-5-2-6-14-29)48-43(47-41)30-21-19-27(20-22-30)31-23-24-35(33-16-8-7-15-32(31)33)44-45-37-25-36-34-17-9-10-18-38(34)49-39(36)26-40(37)50-44/h1-26H. The molecule has 0 bridgehead atoms. The van der Waals surface area contributed by atoms with E-state index < -0.39 is 0 Å². The molecule has 0 fully saturated rings. The van der Waals surface area contributed by atoms with E-state index in [1.54, 1.807) is 0 Å². The minimum Gasteiger partial charge on any atom is -0.456 e. The largest absolute Gasteiger partial charge is 0.456 e. The molecule has 10 aromatic rings. The molecule has 0 N–H and O–H groups in total. The zero-order valence-corrected chi connectivity index (χ0v) is 26.6. The van der Waals surface area contributed by atoms with Gasteiger partial charge in [0.1, 0.15) is 16.7 Å². The average Bonchev–Trinajstić information content (AvgIpc) is 3.77. The van der Waals surface area contributed by atoms with Gasteiger partial charge in [0.15, 0.2) is 23.1 Å². The monoisotopic (exact) mass is 642 g/mol. The van der Waals surface area contributed by atoms with Gasteiger partial charge in [0.25, 0.3) is 0 Å². The number of nitrogens with zero attached hydrogens (tertiary/aromatic N) is 4. The normalized spacial score (nSPS) is 11.6. The summed E-state index contributed by atoms with van der Waals surface area (Å²) in [4.78, 5) is 19.6. The van der Waals surface area contributed by atoms with Gasteiger partial charge in [-0.05, 0) is 40.1 Å². The Morgan fingerprint density at radius 2 is 0.840 bits per heavy atom. The van der Waals surface area contributed by atoms with Gasteiger partial charge in [-0.1, -0.05) is 133 Å². The number of para-hydroxylation sites is 1. The van der Waals surface area contributed by atoms with E-state index >= 15 is 0 Å². The fourth-order valence-corrected chi connectivity index (χ4v) is 6.74. The molecule has 0 saturated heterocycles. The third-order valence-electron chi connectivity index (χ3n) is 9.19. The number of hydrogen-bond donors (Lipinski definition) is 0. The van der Waals surface area contributed by atoms with Crippen molar-refractivity contribution in [1.82, 2.24) is 19.9 Å². The third-order valence-corrected chi connectivity index (χ3v) is 9.19. The van der Waals surface area contributed by atoms with Crippen molar-refractivity contribution in [2.75, 3.05) is 0 Å². The lowest BCUT2D eigenvalue weighted by Crippen LogP contribution is -2.00. The molecule has 0 spiro atoms. The van der Waals surface area contributed by atoms with E-state index in [0.717, 1.165) is 71.6 Å². The van der Waals surface area contributed by atoms with Crippen LogP contribution >= 0.6 is 0 Å². The lowest BCUT2D eigenvalue weighted by Gasteiger charge is -2.11. The molecule has 0 atom stereocenters. The highest BCUT2D eigenvalue weighted by atomic mass is 16.4. The fourth-order valence-electron chi connectivity index (χ4n) is 6.74. The Bertz CT molecular complexity index is 2800. The summed E-state index contributed by atoms with van der Waals surface area (Å²) in [6.07, 6.45) is 0. The molecule has 10 rings (SSSR count). The van der Waals surface area contributed by atoms with Crippen molar-refractivity contribution in [3.63, 3.8) is 0 Å². The van der Waals surface area contributed by atoms with Gasteiger partial charge < -0.3 is 8.83 Å². The van der Waals surface area contributed by atoms with Gasteiger partial charge >= 0.3 is 0 Å².